The van der Waals surface area contributed by atoms with Crippen LogP contribution in [0.5, 0.6) is 0 Å². The summed E-state index contributed by atoms with van der Waals surface area (Å²) in [7, 11) is 0. The quantitative estimate of drug-likeness (QED) is 0.0424. The zero-order chi connectivity index (χ0) is 33.9. The molecule has 1 N–H and O–H groups in total. The molecule has 2 heterocycles. The summed E-state index contributed by atoms with van der Waals surface area (Å²) in [5.41, 5.74) is 18.3. The third-order valence-corrected chi connectivity index (χ3v) is 6.60. The predicted molar refractivity (Wildman–Crippen MR) is 151 cm³/mol. The lowest BCUT2D eigenvalue weighted by Gasteiger charge is -2.44. The number of carbonyl (C=O) groups excluding carboxylic acids is 4. The van der Waals surface area contributed by atoms with Crippen LogP contribution in [0.3, 0.4) is 0 Å². The fraction of sp³-hybridized carbons (Fsp3) is 0.783. The highest BCUT2D eigenvalue weighted by Crippen LogP contribution is 2.36. The molecule has 2 saturated heterocycles. The smallest absolute Gasteiger partial charge is 0.303 e. The summed E-state index contributed by atoms with van der Waals surface area (Å²) < 4.78 is 42.4. The SMILES string of the molecule is CC(=O)OC[C@H]1OC(CCOC(=N)C(Cl)(Cl)Cl)[C@H](OC(C)=O)[C@@H]1O[C@H]1O[C@@H](CN=[N+]=[N-])[C@@H](OC(C)=O)[C@H](OC(C)=O)C1N=[N+]=[N-]. The zero-order valence-electron chi connectivity index (χ0n) is 24.2. The molecule has 0 aromatic heterocycles. The van der Waals surface area contributed by atoms with Crippen LogP contribution in [0.15, 0.2) is 10.2 Å². The van der Waals surface area contributed by atoms with Gasteiger partial charge in [0, 0.05) is 43.9 Å². The molecule has 0 aliphatic carbocycles. The number of carbonyl (C=O) groups is 4. The van der Waals surface area contributed by atoms with Crippen molar-refractivity contribution in [3.63, 3.8) is 0 Å². The summed E-state index contributed by atoms with van der Waals surface area (Å²) in [5, 5.41) is 14.8. The molecule has 0 aromatic rings. The standard InChI is InChI=1S/C23H30Cl3N7O12/c1-9(34)39-8-15-19(17(40-10(2)35)13(43-15)5-6-38-22(27)23(24,25)26)45-21-16(31-33-29)20(42-12(4)37)18(41-11(3)36)14(44-21)7-30-32-28/h13-21,27H,5-8H2,1-4H3/t13?,14-,15+,16?,17-,18+,19+,20+,21+/m0/s1. The second-order valence-corrected chi connectivity index (χ2v) is 11.7. The fourth-order valence-electron chi connectivity index (χ4n) is 4.49. The molecule has 2 aliphatic heterocycles. The number of nitrogens with zero attached hydrogens (tertiary/aromatic N) is 6. The molecule has 0 spiro atoms. The molecule has 250 valence electrons. The second kappa shape index (κ2) is 17.4. The Morgan fingerprint density at radius 1 is 0.800 bits per heavy atom. The molecule has 9 atom stereocenters. The molecule has 0 bridgehead atoms. The van der Waals surface area contributed by atoms with Gasteiger partial charge in [0.15, 0.2) is 24.6 Å². The van der Waals surface area contributed by atoms with Gasteiger partial charge in [0.2, 0.25) is 5.90 Å². The van der Waals surface area contributed by atoms with Gasteiger partial charge in [-0.1, -0.05) is 45.0 Å². The van der Waals surface area contributed by atoms with E-state index in [1.165, 1.54) is 0 Å². The second-order valence-electron chi connectivity index (χ2n) is 9.45. The lowest BCUT2D eigenvalue weighted by molar-refractivity contribution is -0.285. The van der Waals surface area contributed by atoms with Crippen LogP contribution < -0.4 is 0 Å². The van der Waals surface area contributed by atoms with Crippen LogP contribution in [0.1, 0.15) is 34.1 Å². The molecule has 2 rings (SSSR count). The van der Waals surface area contributed by atoms with Gasteiger partial charge in [0.05, 0.1) is 13.2 Å². The Balaban J connectivity index is 2.51. The van der Waals surface area contributed by atoms with E-state index in [1.54, 1.807) is 0 Å². The van der Waals surface area contributed by atoms with Crippen molar-refractivity contribution >= 4 is 64.6 Å². The normalized spacial score (nSPS) is 29.3. The molecular weight excluding hydrogens is 673 g/mol. The van der Waals surface area contributed by atoms with Crippen molar-refractivity contribution in [3.05, 3.63) is 20.9 Å². The molecule has 22 heteroatoms. The summed E-state index contributed by atoms with van der Waals surface area (Å²) in [4.78, 5) is 53.2. The van der Waals surface area contributed by atoms with Gasteiger partial charge in [-0.15, -0.1) is 0 Å². The maximum absolute atomic E-state index is 12.1. The van der Waals surface area contributed by atoms with Crippen LogP contribution in [0.4, 0.5) is 0 Å². The lowest BCUT2D eigenvalue weighted by atomic mass is 9.96. The average molecular weight is 703 g/mol. The van der Waals surface area contributed by atoms with Crippen LogP contribution >= 0.6 is 34.8 Å². The lowest BCUT2D eigenvalue weighted by Crippen LogP contribution is -2.62. The minimum atomic E-state index is -2.14. The Bertz CT molecular complexity index is 1210. The minimum absolute atomic E-state index is 0.0626. The zero-order valence-corrected chi connectivity index (χ0v) is 26.5. The van der Waals surface area contributed by atoms with Gasteiger partial charge in [-0.2, -0.15) is 0 Å². The molecule has 2 unspecified atom stereocenters. The van der Waals surface area contributed by atoms with E-state index in [-0.39, 0.29) is 13.0 Å². The van der Waals surface area contributed by atoms with Crippen LogP contribution in [-0.4, -0.2) is 108 Å². The number of esters is 4. The Labute approximate surface area is 270 Å². The Kier molecular flexibility index (Phi) is 14.7. The van der Waals surface area contributed by atoms with Gasteiger partial charge in [-0.25, -0.2) is 0 Å². The number of ether oxygens (including phenoxy) is 8. The number of azide groups is 2. The highest BCUT2D eigenvalue weighted by molar-refractivity contribution is 6.76. The van der Waals surface area contributed by atoms with Crippen LogP contribution in [0.25, 0.3) is 20.9 Å². The first kappa shape index (κ1) is 37.9. The number of halogens is 3. The van der Waals surface area contributed by atoms with Crippen molar-refractivity contribution in [2.24, 2.45) is 10.2 Å². The van der Waals surface area contributed by atoms with E-state index in [0.29, 0.717) is 0 Å². The van der Waals surface area contributed by atoms with Crippen LogP contribution in [0.2, 0.25) is 0 Å². The maximum atomic E-state index is 12.1. The highest BCUT2D eigenvalue weighted by atomic mass is 35.6. The topological polar surface area (TPSA) is 263 Å². The van der Waals surface area contributed by atoms with Gasteiger partial charge >= 0.3 is 23.9 Å². The van der Waals surface area contributed by atoms with Crippen molar-refractivity contribution < 1.29 is 57.1 Å². The summed E-state index contributed by atoms with van der Waals surface area (Å²) in [6, 6.07) is -1.52. The van der Waals surface area contributed by atoms with Crippen molar-refractivity contribution in [2.45, 2.75) is 93.0 Å². The van der Waals surface area contributed by atoms with Gasteiger partial charge < -0.3 is 37.9 Å². The summed E-state index contributed by atoms with van der Waals surface area (Å²) in [6.07, 6.45) is -10.6. The molecule has 0 amide bonds. The number of hydrogen-bond donors (Lipinski definition) is 1. The number of nitrogens with one attached hydrogen (secondary N) is 1. The van der Waals surface area contributed by atoms with Crippen LogP contribution in [0, 0.1) is 5.41 Å². The number of alkyl halides is 3. The van der Waals surface area contributed by atoms with E-state index in [2.05, 4.69) is 20.1 Å². The average Bonchev–Trinajstić information content (AvgIpc) is 3.23. The molecule has 19 nitrogen and oxygen atoms in total. The van der Waals surface area contributed by atoms with Crippen molar-refractivity contribution in [2.75, 3.05) is 19.8 Å². The number of hydrogen-bond acceptors (Lipinski definition) is 15. The first-order valence-electron chi connectivity index (χ1n) is 13.0. The van der Waals surface area contributed by atoms with Crippen LogP contribution in [-0.2, 0) is 57.1 Å². The summed E-state index contributed by atoms with van der Waals surface area (Å²) in [6.45, 7) is 3.26. The molecular formula is C23H30Cl3N7O12. The molecule has 2 aliphatic rings. The Morgan fingerprint density at radius 2 is 1.38 bits per heavy atom. The van der Waals surface area contributed by atoms with Gasteiger partial charge in [-0.3, -0.25) is 24.6 Å². The number of rotatable bonds is 13. The Hall–Kier alpha value is -3.28. The van der Waals surface area contributed by atoms with E-state index < -0.39 is 102 Å². The predicted octanol–water partition coefficient (Wildman–Crippen LogP) is 2.97. The van der Waals surface area contributed by atoms with E-state index in [1.807, 2.05) is 0 Å². The van der Waals surface area contributed by atoms with Gasteiger partial charge in [-0.05, 0) is 11.1 Å². The van der Waals surface area contributed by atoms with E-state index in [4.69, 9.17) is 83.6 Å². The van der Waals surface area contributed by atoms with E-state index in [9.17, 15) is 24.7 Å². The summed E-state index contributed by atoms with van der Waals surface area (Å²) in [5.74, 6) is -3.81. The summed E-state index contributed by atoms with van der Waals surface area (Å²) >= 11 is 16.9. The first-order valence-corrected chi connectivity index (χ1v) is 14.2. The van der Waals surface area contributed by atoms with Crippen molar-refractivity contribution in [1.82, 2.24) is 0 Å². The first-order chi connectivity index (χ1) is 21.1. The van der Waals surface area contributed by atoms with Gasteiger partial charge in [0.25, 0.3) is 3.79 Å². The minimum Gasteiger partial charge on any atom is -0.478 e. The Morgan fingerprint density at radius 3 is 1.89 bits per heavy atom. The third-order valence-electron chi connectivity index (χ3n) is 6.09. The van der Waals surface area contributed by atoms with Gasteiger partial charge in [0.1, 0.15) is 37.1 Å². The van der Waals surface area contributed by atoms with E-state index in [0.717, 1.165) is 27.7 Å². The maximum Gasteiger partial charge on any atom is 0.303 e. The van der Waals surface area contributed by atoms with E-state index >= 15 is 0 Å². The monoisotopic (exact) mass is 701 g/mol. The molecule has 0 radical (unpaired) electrons. The highest BCUT2D eigenvalue weighted by Gasteiger charge is 2.54. The van der Waals surface area contributed by atoms with Crippen molar-refractivity contribution in [3.8, 4) is 0 Å². The molecule has 0 saturated carbocycles. The largest absolute Gasteiger partial charge is 0.478 e. The molecule has 45 heavy (non-hydrogen) atoms. The van der Waals surface area contributed by atoms with Crippen molar-refractivity contribution in [1.29, 1.82) is 5.41 Å². The molecule has 2 fully saturated rings. The fourth-order valence-corrected chi connectivity index (χ4v) is 4.66. The molecule has 0 aromatic carbocycles. The third kappa shape index (κ3) is 11.5.